The quantitative estimate of drug-likeness (QED) is 0.293. The minimum absolute atomic E-state index is 0.0556. The van der Waals surface area contributed by atoms with Crippen LogP contribution < -0.4 is 9.47 Å². The van der Waals surface area contributed by atoms with E-state index in [-0.39, 0.29) is 13.4 Å². The van der Waals surface area contributed by atoms with Crippen LogP contribution in [-0.2, 0) is 32.8 Å². The first kappa shape index (κ1) is 24.1. The highest BCUT2D eigenvalue weighted by molar-refractivity contribution is 5.56. The van der Waals surface area contributed by atoms with Gasteiger partial charge in [-0.1, -0.05) is 74.0 Å². The zero-order chi connectivity index (χ0) is 24.7. The second-order valence-electron chi connectivity index (χ2n) is 9.25. The Balaban J connectivity index is 1.44. The molecule has 2 heterocycles. The molecule has 0 bridgehead atoms. The molecule has 0 fully saturated rings. The van der Waals surface area contributed by atoms with Gasteiger partial charge in [-0.2, -0.15) is 0 Å². The van der Waals surface area contributed by atoms with Gasteiger partial charge in [0.1, 0.15) is 5.82 Å². The number of aliphatic hydroxyl groups excluding tert-OH is 1. The van der Waals surface area contributed by atoms with Crippen LogP contribution in [0, 0.1) is 0 Å². The van der Waals surface area contributed by atoms with E-state index in [9.17, 15) is 5.11 Å². The number of fused-ring (bicyclic) bond motifs is 1. The van der Waals surface area contributed by atoms with Crippen LogP contribution in [-0.4, -0.2) is 26.4 Å². The van der Waals surface area contributed by atoms with Crippen LogP contribution in [0.5, 0.6) is 11.5 Å². The number of unbranched alkanes of at least 4 members (excludes halogenated alkanes) is 1. The number of aromatic nitrogens is 2. The van der Waals surface area contributed by atoms with Crippen molar-refractivity contribution in [2.24, 2.45) is 0 Å². The van der Waals surface area contributed by atoms with E-state index in [4.69, 9.17) is 14.5 Å². The van der Waals surface area contributed by atoms with Crippen molar-refractivity contribution in [1.82, 2.24) is 14.5 Å². The van der Waals surface area contributed by atoms with E-state index in [1.807, 2.05) is 30.5 Å². The fourth-order valence-corrected chi connectivity index (χ4v) is 4.62. The second kappa shape index (κ2) is 11.4. The Morgan fingerprint density at radius 2 is 1.58 bits per heavy atom. The number of ether oxygens (including phenoxy) is 2. The largest absolute Gasteiger partial charge is 0.454 e. The Bertz CT molecular complexity index is 1270. The van der Waals surface area contributed by atoms with E-state index in [1.54, 1.807) is 0 Å². The standard InChI is InChI=1S/C30H33N3O3/c1-2-3-15-33-27(17-31-30(33)26-7-5-4-6-8-26)20-32(18-23-9-11-24(21-34)12-10-23)19-25-13-14-28-29(16-25)36-22-35-28/h4-14,16-17,34H,2-3,15,18-22H2,1H3. The number of nitrogens with zero attached hydrogens (tertiary/aromatic N) is 3. The van der Waals surface area contributed by atoms with Crippen LogP contribution in [0.25, 0.3) is 11.4 Å². The Morgan fingerprint density at radius 3 is 2.36 bits per heavy atom. The molecule has 1 aliphatic rings. The van der Waals surface area contributed by atoms with E-state index >= 15 is 0 Å². The van der Waals surface area contributed by atoms with Crippen molar-refractivity contribution in [2.75, 3.05) is 6.79 Å². The monoisotopic (exact) mass is 483 g/mol. The molecule has 1 N–H and O–H groups in total. The first-order valence-electron chi connectivity index (χ1n) is 12.6. The first-order valence-corrected chi connectivity index (χ1v) is 12.6. The summed E-state index contributed by atoms with van der Waals surface area (Å²) in [6.07, 6.45) is 4.26. The Kier molecular flexibility index (Phi) is 7.64. The van der Waals surface area contributed by atoms with Gasteiger partial charge in [0.25, 0.3) is 0 Å². The SMILES string of the molecule is CCCCn1c(CN(Cc2ccc(CO)cc2)Cc2ccc3c(c2)OCO3)cnc1-c1ccccc1. The summed E-state index contributed by atoms with van der Waals surface area (Å²) < 4.78 is 13.5. The molecule has 5 rings (SSSR count). The number of rotatable bonds is 11. The molecule has 0 radical (unpaired) electrons. The molecule has 3 aromatic carbocycles. The molecule has 6 heteroatoms. The summed E-state index contributed by atoms with van der Waals surface area (Å²) >= 11 is 0. The van der Waals surface area contributed by atoms with Gasteiger partial charge in [-0.25, -0.2) is 4.98 Å². The van der Waals surface area contributed by atoms with Crippen molar-refractivity contribution in [2.45, 2.75) is 52.6 Å². The molecular weight excluding hydrogens is 450 g/mol. The summed E-state index contributed by atoms with van der Waals surface area (Å²) in [4.78, 5) is 7.28. The summed E-state index contributed by atoms with van der Waals surface area (Å²) in [6, 6.07) is 24.8. The lowest BCUT2D eigenvalue weighted by Crippen LogP contribution is -2.24. The Hall–Kier alpha value is -3.61. The average molecular weight is 484 g/mol. The van der Waals surface area contributed by atoms with Crippen molar-refractivity contribution in [3.63, 3.8) is 0 Å². The highest BCUT2D eigenvalue weighted by Crippen LogP contribution is 2.33. The molecule has 0 aliphatic carbocycles. The van der Waals surface area contributed by atoms with Crippen LogP contribution in [0.3, 0.4) is 0 Å². The smallest absolute Gasteiger partial charge is 0.231 e. The topological polar surface area (TPSA) is 59.8 Å². The summed E-state index contributed by atoms with van der Waals surface area (Å²) in [5, 5.41) is 9.43. The molecule has 1 aliphatic heterocycles. The molecule has 0 amide bonds. The zero-order valence-corrected chi connectivity index (χ0v) is 20.8. The number of aliphatic hydroxyl groups is 1. The lowest BCUT2D eigenvalue weighted by atomic mass is 10.1. The molecule has 0 unspecified atom stereocenters. The van der Waals surface area contributed by atoms with Crippen molar-refractivity contribution in [3.8, 4) is 22.9 Å². The van der Waals surface area contributed by atoms with Crippen LogP contribution in [0.1, 0.15) is 42.1 Å². The molecule has 36 heavy (non-hydrogen) atoms. The first-order chi connectivity index (χ1) is 17.7. The van der Waals surface area contributed by atoms with Crippen LogP contribution in [0.4, 0.5) is 0 Å². The number of imidazole rings is 1. The zero-order valence-electron chi connectivity index (χ0n) is 20.8. The maximum absolute atomic E-state index is 9.43. The van der Waals surface area contributed by atoms with E-state index < -0.39 is 0 Å². The highest BCUT2D eigenvalue weighted by atomic mass is 16.7. The van der Waals surface area contributed by atoms with Gasteiger partial charge >= 0.3 is 0 Å². The van der Waals surface area contributed by atoms with Crippen molar-refractivity contribution >= 4 is 0 Å². The lowest BCUT2D eigenvalue weighted by Gasteiger charge is -2.24. The minimum Gasteiger partial charge on any atom is -0.454 e. The third kappa shape index (κ3) is 5.61. The van der Waals surface area contributed by atoms with Crippen LogP contribution >= 0.6 is 0 Å². The molecule has 0 spiro atoms. The molecule has 186 valence electrons. The average Bonchev–Trinajstić information content (AvgIpc) is 3.55. The van der Waals surface area contributed by atoms with Crippen LogP contribution in [0.2, 0.25) is 0 Å². The van der Waals surface area contributed by atoms with Gasteiger partial charge in [0.15, 0.2) is 11.5 Å². The summed E-state index contributed by atoms with van der Waals surface area (Å²) in [6.45, 7) is 5.80. The maximum atomic E-state index is 9.43. The number of benzene rings is 3. The molecule has 0 saturated heterocycles. The molecular formula is C30H33N3O3. The minimum atomic E-state index is 0.0556. The summed E-state index contributed by atoms with van der Waals surface area (Å²) in [5.74, 6) is 2.63. The number of hydrogen-bond acceptors (Lipinski definition) is 5. The molecule has 0 atom stereocenters. The normalized spacial score (nSPS) is 12.4. The van der Waals surface area contributed by atoms with Crippen molar-refractivity contribution in [1.29, 1.82) is 0 Å². The van der Waals surface area contributed by atoms with E-state index in [0.29, 0.717) is 0 Å². The van der Waals surface area contributed by atoms with Gasteiger partial charge in [-0.3, -0.25) is 4.90 Å². The molecule has 0 saturated carbocycles. The van der Waals surface area contributed by atoms with E-state index in [0.717, 1.165) is 67.5 Å². The fraction of sp³-hybridized carbons (Fsp3) is 0.300. The van der Waals surface area contributed by atoms with Gasteiger partial charge in [0, 0.05) is 31.7 Å². The predicted octanol–water partition coefficient (Wildman–Crippen LogP) is 5.77. The third-order valence-electron chi connectivity index (χ3n) is 6.55. The molecule has 4 aromatic rings. The van der Waals surface area contributed by atoms with Gasteiger partial charge in [-0.15, -0.1) is 0 Å². The van der Waals surface area contributed by atoms with Crippen LogP contribution in [0.15, 0.2) is 79.0 Å². The Labute approximate surface area is 212 Å². The van der Waals surface area contributed by atoms with Gasteiger partial charge in [-0.05, 0) is 35.2 Å². The molecule has 6 nitrogen and oxygen atoms in total. The highest BCUT2D eigenvalue weighted by Gasteiger charge is 2.18. The summed E-state index contributed by atoms with van der Waals surface area (Å²) in [5.41, 5.74) is 5.65. The van der Waals surface area contributed by atoms with E-state index in [2.05, 4.69) is 64.9 Å². The molecule has 1 aromatic heterocycles. The van der Waals surface area contributed by atoms with Crippen molar-refractivity contribution in [3.05, 3.63) is 101 Å². The lowest BCUT2D eigenvalue weighted by molar-refractivity contribution is 0.174. The van der Waals surface area contributed by atoms with Gasteiger partial charge in [0.05, 0.1) is 18.5 Å². The van der Waals surface area contributed by atoms with Crippen molar-refractivity contribution < 1.29 is 14.6 Å². The number of hydrogen-bond donors (Lipinski definition) is 1. The Morgan fingerprint density at radius 1 is 0.861 bits per heavy atom. The fourth-order valence-electron chi connectivity index (χ4n) is 4.62. The maximum Gasteiger partial charge on any atom is 0.231 e. The summed E-state index contributed by atoms with van der Waals surface area (Å²) in [7, 11) is 0. The van der Waals surface area contributed by atoms with E-state index in [1.165, 1.54) is 16.8 Å². The van der Waals surface area contributed by atoms with Gasteiger partial charge in [0.2, 0.25) is 6.79 Å². The predicted molar refractivity (Wildman–Crippen MR) is 140 cm³/mol. The third-order valence-corrected chi connectivity index (χ3v) is 6.55. The second-order valence-corrected chi connectivity index (χ2v) is 9.25. The van der Waals surface area contributed by atoms with Gasteiger partial charge < -0.3 is 19.1 Å².